The van der Waals surface area contributed by atoms with Crippen molar-refractivity contribution in [3.05, 3.63) is 23.8 Å². The van der Waals surface area contributed by atoms with Crippen molar-refractivity contribution in [2.24, 2.45) is 0 Å². The molecule has 1 fully saturated rings. The molecule has 1 aliphatic heterocycles. The Kier molecular flexibility index (Phi) is 7.47. The molecule has 5 nitrogen and oxygen atoms in total. The van der Waals surface area contributed by atoms with Crippen LogP contribution < -0.4 is 10.1 Å². The molecule has 1 heterocycles. The Morgan fingerprint density at radius 2 is 2.00 bits per heavy atom. The predicted molar refractivity (Wildman–Crippen MR) is 85.7 cm³/mol. The first-order valence-corrected chi connectivity index (χ1v) is 7.38. The number of aromatic hydroxyl groups is 1. The number of rotatable bonds is 6. The third-order valence-corrected chi connectivity index (χ3v) is 3.73. The maximum absolute atomic E-state index is 14.3. The molecule has 2 rings (SSSR count). The van der Waals surface area contributed by atoms with Crippen LogP contribution in [0.1, 0.15) is 18.5 Å². The van der Waals surface area contributed by atoms with Gasteiger partial charge in [-0.05, 0) is 24.6 Å². The van der Waals surface area contributed by atoms with Crippen molar-refractivity contribution < 1.29 is 23.7 Å². The van der Waals surface area contributed by atoms with Gasteiger partial charge in [0.05, 0.1) is 6.61 Å². The fraction of sp³-hybridized carbons (Fsp3) is 0.600. The van der Waals surface area contributed by atoms with Gasteiger partial charge < -0.3 is 20.3 Å². The van der Waals surface area contributed by atoms with Crippen molar-refractivity contribution in [3.63, 3.8) is 0 Å². The standard InChI is InChI=1S/C15H22F2N2O3.ClH/c1-2-22-13-9-11(3-4-12(13)21)14(15(16,17)10-20)19-7-5-18-6-8-19;/h3-4,9,14,18,20-21H,2,5-8,10H2,1H3;1H/t14-;/m0./s1. The monoisotopic (exact) mass is 352 g/mol. The van der Waals surface area contributed by atoms with E-state index in [1.54, 1.807) is 11.8 Å². The molecule has 3 N–H and O–H groups in total. The van der Waals surface area contributed by atoms with Crippen molar-refractivity contribution in [2.75, 3.05) is 39.4 Å². The van der Waals surface area contributed by atoms with Crippen LogP contribution in [-0.2, 0) is 0 Å². The summed E-state index contributed by atoms with van der Waals surface area (Å²) in [5.41, 5.74) is 0.321. The van der Waals surface area contributed by atoms with E-state index in [4.69, 9.17) is 9.84 Å². The van der Waals surface area contributed by atoms with E-state index in [1.165, 1.54) is 18.2 Å². The third kappa shape index (κ3) is 4.67. The first kappa shape index (κ1) is 19.9. The number of ether oxygens (including phenoxy) is 1. The number of hydrogen-bond acceptors (Lipinski definition) is 5. The lowest BCUT2D eigenvalue weighted by Crippen LogP contribution is -2.51. The van der Waals surface area contributed by atoms with E-state index in [2.05, 4.69) is 5.32 Å². The number of nitrogens with zero attached hydrogens (tertiary/aromatic N) is 1. The first-order chi connectivity index (χ1) is 10.5. The molecule has 0 aliphatic carbocycles. The Balaban J connectivity index is 0.00000264. The van der Waals surface area contributed by atoms with Crippen molar-refractivity contribution in [2.45, 2.75) is 18.9 Å². The summed E-state index contributed by atoms with van der Waals surface area (Å²) in [6.45, 7) is 3.01. The molecule has 0 bridgehead atoms. The number of halogens is 3. The Labute approximate surface area is 140 Å². The number of aliphatic hydroxyl groups is 1. The van der Waals surface area contributed by atoms with Crippen molar-refractivity contribution >= 4 is 12.4 Å². The van der Waals surface area contributed by atoms with Gasteiger partial charge in [0.2, 0.25) is 0 Å². The van der Waals surface area contributed by atoms with Crippen LogP contribution in [0.4, 0.5) is 8.78 Å². The zero-order chi connectivity index (χ0) is 16.2. The molecule has 1 atom stereocenters. The summed E-state index contributed by atoms with van der Waals surface area (Å²) in [5, 5.41) is 22.0. The van der Waals surface area contributed by atoms with E-state index in [0.29, 0.717) is 38.3 Å². The number of hydrogen-bond donors (Lipinski definition) is 3. The topological polar surface area (TPSA) is 65.0 Å². The fourth-order valence-corrected chi connectivity index (χ4v) is 2.72. The van der Waals surface area contributed by atoms with Crippen LogP contribution in [0.15, 0.2) is 18.2 Å². The molecule has 0 aromatic heterocycles. The summed E-state index contributed by atoms with van der Waals surface area (Å²) in [7, 11) is 0. The second-order valence-corrected chi connectivity index (χ2v) is 5.27. The van der Waals surface area contributed by atoms with Crippen LogP contribution in [-0.4, -0.2) is 60.4 Å². The average molecular weight is 353 g/mol. The summed E-state index contributed by atoms with van der Waals surface area (Å²) < 4.78 is 33.9. The molecule has 0 unspecified atom stereocenters. The molecule has 0 spiro atoms. The molecule has 0 saturated carbocycles. The zero-order valence-corrected chi connectivity index (χ0v) is 13.8. The number of alkyl halides is 2. The van der Waals surface area contributed by atoms with Gasteiger partial charge in [-0.25, -0.2) is 8.78 Å². The Morgan fingerprint density at radius 1 is 1.35 bits per heavy atom. The molecule has 1 aromatic carbocycles. The van der Waals surface area contributed by atoms with Crippen LogP contribution in [0.5, 0.6) is 11.5 Å². The maximum Gasteiger partial charge on any atom is 0.289 e. The van der Waals surface area contributed by atoms with E-state index < -0.39 is 18.6 Å². The highest BCUT2D eigenvalue weighted by Gasteiger charge is 2.44. The zero-order valence-electron chi connectivity index (χ0n) is 13.0. The summed E-state index contributed by atoms with van der Waals surface area (Å²) >= 11 is 0. The van der Waals surface area contributed by atoms with Gasteiger partial charge in [-0.1, -0.05) is 6.07 Å². The Bertz CT molecular complexity index is 500. The van der Waals surface area contributed by atoms with Gasteiger partial charge in [0.1, 0.15) is 12.6 Å². The van der Waals surface area contributed by atoms with E-state index in [-0.39, 0.29) is 23.9 Å². The van der Waals surface area contributed by atoms with Gasteiger partial charge in [0, 0.05) is 26.2 Å². The summed E-state index contributed by atoms with van der Waals surface area (Å²) in [6.07, 6.45) is 0. The molecule has 0 amide bonds. The molecule has 1 aliphatic rings. The lowest BCUT2D eigenvalue weighted by atomic mass is 9.97. The van der Waals surface area contributed by atoms with Crippen molar-refractivity contribution in [1.29, 1.82) is 0 Å². The van der Waals surface area contributed by atoms with E-state index >= 15 is 0 Å². The minimum Gasteiger partial charge on any atom is -0.504 e. The second-order valence-electron chi connectivity index (χ2n) is 5.27. The second kappa shape index (κ2) is 8.63. The van der Waals surface area contributed by atoms with Crippen LogP contribution in [0.25, 0.3) is 0 Å². The third-order valence-electron chi connectivity index (χ3n) is 3.73. The highest BCUT2D eigenvalue weighted by molar-refractivity contribution is 5.85. The maximum atomic E-state index is 14.3. The van der Waals surface area contributed by atoms with Crippen molar-refractivity contribution in [3.8, 4) is 11.5 Å². The number of piperazine rings is 1. The van der Waals surface area contributed by atoms with Crippen LogP contribution in [0.2, 0.25) is 0 Å². The van der Waals surface area contributed by atoms with Gasteiger partial charge in [-0.3, -0.25) is 4.90 Å². The van der Waals surface area contributed by atoms with Gasteiger partial charge in [0.25, 0.3) is 5.92 Å². The summed E-state index contributed by atoms with van der Waals surface area (Å²) in [6, 6.07) is 2.98. The number of phenolic OH excluding ortho intramolecular Hbond substituents is 1. The molecule has 132 valence electrons. The predicted octanol–water partition coefficient (Wildman–Crippen LogP) is 1.79. The normalized spacial score (nSPS) is 17.4. The Hall–Kier alpha value is -1.15. The number of benzene rings is 1. The Morgan fingerprint density at radius 3 is 2.57 bits per heavy atom. The first-order valence-electron chi connectivity index (χ1n) is 7.38. The molecule has 1 aromatic rings. The smallest absolute Gasteiger partial charge is 0.289 e. The highest BCUT2D eigenvalue weighted by atomic mass is 35.5. The molecular weight excluding hydrogens is 330 g/mol. The summed E-state index contributed by atoms with van der Waals surface area (Å²) in [5.74, 6) is -3.19. The van der Waals surface area contributed by atoms with Gasteiger partial charge >= 0.3 is 0 Å². The summed E-state index contributed by atoms with van der Waals surface area (Å²) in [4.78, 5) is 1.65. The molecule has 1 saturated heterocycles. The number of nitrogens with one attached hydrogen (secondary N) is 1. The molecule has 0 radical (unpaired) electrons. The van der Waals surface area contributed by atoms with E-state index in [1.807, 2.05) is 0 Å². The highest BCUT2D eigenvalue weighted by Crippen LogP contribution is 2.39. The van der Waals surface area contributed by atoms with Gasteiger partial charge in [0.15, 0.2) is 11.5 Å². The van der Waals surface area contributed by atoms with Gasteiger partial charge in [-0.2, -0.15) is 0 Å². The SMILES string of the molecule is CCOc1cc([C@H](N2CCNCC2)C(F)(F)CO)ccc1O.Cl. The molecule has 23 heavy (non-hydrogen) atoms. The number of phenols is 1. The quantitative estimate of drug-likeness (QED) is 0.728. The van der Waals surface area contributed by atoms with Crippen LogP contribution in [0, 0.1) is 0 Å². The fourth-order valence-electron chi connectivity index (χ4n) is 2.72. The number of aliphatic hydroxyl groups excluding tert-OH is 1. The minimum absolute atomic E-state index is 0. The largest absolute Gasteiger partial charge is 0.504 e. The van der Waals surface area contributed by atoms with E-state index in [0.717, 1.165) is 0 Å². The van der Waals surface area contributed by atoms with Crippen molar-refractivity contribution in [1.82, 2.24) is 10.2 Å². The lowest BCUT2D eigenvalue weighted by Gasteiger charge is -2.38. The lowest BCUT2D eigenvalue weighted by molar-refractivity contribution is -0.118. The van der Waals surface area contributed by atoms with Crippen LogP contribution >= 0.6 is 12.4 Å². The minimum atomic E-state index is -3.28. The van der Waals surface area contributed by atoms with Crippen LogP contribution in [0.3, 0.4) is 0 Å². The molecule has 8 heteroatoms. The van der Waals surface area contributed by atoms with E-state index in [9.17, 15) is 13.9 Å². The average Bonchev–Trinajstić information content (AvgIpc) is 2.52. The molecular formula is C15H23ClF2N2O3. The van der Waals surface area contributed by atoms with Gasteiger partial charge in [-0.15, -0.1) is 12.4 Å².